The number of hydrogen-bond acceptors (Lipinski definition) is 8. The number of esters is 1. The van der Waals surface area contributed by atoms with Crippen LogP contribution in [0.15, 0.2) is 12.3 Å². The van der Waals surface area contributed by atoms with Crippen LogP contribution in [0.3, 0.4) is 0 Å². The van der Waals surface area contributed by atoms with Crippen LogP contribution in [0.4, 0.5) is 9.59 Å². The Balaban J connectivity index is 2.38. The fraction of sp³-hybridized carbons (Fsp3) is 0.684. The summed E-state index contributed by atoms with van der Waals surface area (Å²) in [6, 6.07) is -1.33. The third kappa shape index (κ3) is 8.68. The minimum absolute atomic E-state index is 0.0509. The van der Waals surface area contributed by atoms with Crippen LogP contribution >= 0.6 is 0 Å². The summed E-state index contributed by atoms with van der Waals surface area (Å²) in [6.07, 6.45) is 0.0116. The van der Waals surface area contributed by atoms with Crippen molar-refractivity contribution in [3.05, 3.63) is 12.3 Å². The summed E-state index contributed by atoms with van der Waals surface area (Å²) in [5.41, 5.74) is -0.888. The quantitative estimate of drug-likeness (QED) is 0.302. The number of rotatable bonds is 7. The van der Waals surface area contributed by atoms with Crippen LogP contribution in [-0.4, -0.2) is 79.1 Å². The van der Waals surface area contributed by atoms with Gasteiger partial charge in [-0.25, -0.2) is 14.4 Å². The number of nitrogens with one attached hydrogen (secondary N) is 2. The normalized spacial score (nSPS) is 15.6. The molecule has 0 aromatic rings. The fourth-order valence-corrected chi connectivity index (χ4v) is 2.59. The molecule has 1 heterocycles. The molecule has 0 aliphatic carbocycles. The Hall–Kier alpha value is -2.82. The van der Waals surface area contributed by atoms with Crippen molar-refractivity contribution in [1.29, 1.82) is 0 Å². The summed E-state index contributed by atoms with van der Waals surface area (Å²) in [7, 11) is 1.12. The van der Waals surface area contributed by atoms with Gasteiger partial charge in [0.1, 0.15) is 17.3 Å². The average molecular weight is 429 g/mol. The Morgan fingerprint density at radius 2 is 1.80 bits per heavy atom. The van der Waals surface area contributed by atoms with Crippen molar-refractivity contribution < 1.29 is 38.5 Å². The van der Waals surface area contributed by atoms with E-state index in [1.165, 1.54) is 0 Å². The number of alkyl carbamates (subject to hydrolysis) is 1. The lowest BCUT2D eigenvalue weighted by atomic mass is 9.98. The van der Waals surface area contributed by atoms with E-state index in [0.717, 1.165) is 7.11 Å². The smallest absolute Gasteiger partial charge is 0.410 e. The number of carbonyl (C=O) groups excluding carboxylic acids is 4. The fourth-order valence-electron chi connectivity index (χ4n) is 2.59. The molecule has 0 aromatic heterocycles. The number of piperidine rings is 1. The van der Waals surface area contributed by atoms with E-state index in [1.807, 2.05) is 0 Å². The molecule has 1 aliphatic heterocycles. The number of hydrogen-bond donors (Lipinski definition) is 3. The number of methoxy groups -OCH3 is 1. The molecule has 30 heavy (non-hydrogen) atoms. The van der Waals surface area contributed by atoms with E-state index in [0.29, 0.717) is 25.9 Å². The minimum Gasteiger partial charge on any atom is -0.464 e. The second kappa shape index (κ2) is 11.4. The highest BCUT2D eigenvalue weighted by Crippen LogP contribution is 2.20. The van der Waals surface area contributed by atoms with Gasteiger partial charge in [0.15, 0.2) is 0 Å². The number of nitrogens with zero attached hydrogens (tertiary/aromatic N) is 1. The first-order valence-electron chi connectivity index (χ1n) is 9.57. The van der Waals surface area contributed by atoms with Gasteiger partial charge >= 0.3 is 18.2 Å². The molecule has 1 aliphatic rings. The van der Waals surface area contributed by atoms with Gasteiger partial charge in [0.05, 0.1) is 20.3 Å². The van der Waals surface area contributed by atoms with Crippen LogP contribution < -0.4 is 10.6 Å². The molecule has 0 saturated carbocycles. The molecule has 11 heteroatoms. The van der Waals surface area contributed by atoms with Crippen LogP contribution in [0, 0.1) is 5.92 Å². The molecular weight excluding hydrogens is 398 g/mol. The molecule has 0 unspecified atom stereocenters. The Labute approximate surface area is 175 Å². The SMILES string of the molecule is C=C(NC(=O)[C@H](CO)NC(=O)OCC1CCN(C(=O)OC(C)(C)C)CC1)C(=O)OC. The van der Waals surface area contributed by atoms with Crippen LogP contribution in [0.5, 0.6) is 0 Å². The minimum atomic E-state index is -1.33. The lowest BCUT2D eigenvalue weighted by Crippen LogP contribution is -2.49. The number of likely N-dealkylation sites (tertiary alicyclic amines) is 1. The van der Waals surface area contributed by atoms with Crippen LogP contribution in [0.2, 0.25) is 0 Å². The number of aliphatic hydroxyl groups is 1. The van der Waals surface area contributed by atoms with Crippen molar-refractivity contribution in [3.63, 3.8) is 0 Å². The maximum absolute atomic E-state index is 12.1. The van der Waals surface area contributed by atoms with E-state index in [4.69, 9.17) is 9.47 Å². The van der Waals surface area contributed by atoms with E-state index >= 15 is 0 Å². The van der Waals surface area contributed by atoms with Gasteiger partial charge in [-0.3, -0.25) is 4.79 Å². The number of carbonyl (C=O) groups is 4. The molecule has 1 atom stereocenters. The summed E-state index contributed by atoms with van der Waals surface area (Å²) < 4.78 is 14.9. The molecule has 0 spiro atoms. The van der Waals surface area contributed by atoms with Gasteiger partial charge in [0.2, 0.25) is 5.91 Å². The second-order valence-corrected chi connectivity index (χ2v) is 7.85. The van der Waals surface area contributed by atoms with E-state index in [2.05, 4.69) is 21.9 Å². The van der Waals surface area contributed by atoms with Crippen molar-refractivity contribution in [3.8, 4) is 0 Å². The lowest BCUT2D eigenvalue weighted by Gasteiger charge is -2.33. The van der Waals surface area contributed by atoms with Crippen molar-refractivity contribution in [1.82, 2.24) is 15.5 Å². The molecule has 0 aromatic carbocycles. The molecule has 1 rings (SSSR count). The third-order valence-electron chi connectivity index (χ3n) is 4.21. The number of amides is 3. The molecule has 3 N–H and O–H groups in total. The van der Waals surface area contributed by atoms with Gasteiger partial charge in [-0.15, -0.1) is 0 Å². The molecule has 0 bridgehead atoms. The van der Waals surface area contributed by atoms with Gasteiger partial charge in [0.25, 0.3) is 0 Å². The van der Waals surface area contributed by atoms with Crippen molar-refractivity contribution in [2.75, 3.05) is 33.4 Å². The summed E-state index contributed by atoms with van der Waals surface area (Å²) in [4.78, 5) is 48.8. The Morgan fingerprint density at radius 1 is 1.20 bits per heavy atom. The number of ether oxygens (including phenoxy) is 3. The zero-order valence-corrected chi connectivity index (χ0v) is 17.9. The summed E-state index contributed by atoms with van der Waals surface area (Å²) >= 11 is 0. The Bertz CT molecular complexity index is 651. The molecule has 3 amide bonds. The predicted molar refractivity (Wildman–Crippen MR) is 105 cm³/mol. The van der Waals surface area contributed by atoms with E-state index in [1.54, 1.807) is 25.7 Å². The van der Waals surface area contributed by atoms with E-state index in [9.17, 15) is 24.3 Å². The van der Waals surface area contributed by atoms with Crippen molar-refractivity contribution in [2.45, 2.75) is 45.3 Å². The van der Waals surface area contributed by atoms with Crippen LogP contribution in [-0.2, 0) is 23.8 Å². The summed E-state index contributed by atoms with van der Waals surface area (Å²) in [5, 5.41) is 13.7. The first-order chi connectivity index (χ1) is 14.0. The van der Waals surface area contributed by atoms with Gasteiger partial charge < -0.3 is 34.9 Å². The molecule has 1 fully saturated rings. The molecular formula is C19H31N3O8. The van der Waals surface area contributed by atoms with Gasteiger partial charge in [0, 0.05) is 13.1 Å². The molecule has 0 radical (unpaired) electrons. The third-order valence-corrected chi connectivity index (χ3v) is 4.21. The average Bonchev–Trinajstić information content (AvgIpc) is 2.68. The topological polar surface area (TPSA) is 144 Å². The zero-order valence-electron chi connectivity index (χ0n) is 17.9. The monoisotopic (exact) mass is 429 g/mol. The van der Waals surface area contributed by atoms with Gasteiger partial charge in [-0.1, -0.05) is 6.58 Å². The first kappa shape index (κ1) is 25.2. The Morgan fingerprint density at radius 3 is 2.30 bits per heavy atom. The van der Waals surface area contributed by atoms with Gasteiger partial charge in [-0.2, -0.15) is 0 Å². The highest BCUT2D eigenvalue weighted by atomic mass is 16.6. The maximum atomic E-state index is 12.1. The first-order valence-corrected chi connectivity index (χ1v) is 9.57. The second-order valence-electron chi connectivity index (χ2n) is 7.85. The van der Waals surface area contributed by atoms with Crippen molar-refractivity contribution >= 4 is 24.1 Å². The highest BCUT2D eigenvalue weighted by Gasteiger charge is 2.28. The summed E-state index contributed by atoms with van der Waals surface area (Å²) in [6.45, 7) is 9.10. The number of aliphatic hydroxyl groups excluding tert-OH is 1. The molecule has 170 valence electrons. The standard InChI is InChI=1S/C19H31N3O8/c1-12(16(25)28-5)20-15(24)14(10-23)21-17(26)29-11-13-6-8-22(9-7-13)18(27)30-19(2,3)4/h13-14,23H,1,6-11H2,2-5H3,(H,20,24)(H,21,26)/t14-/m0/s1. The highest BCUT2D eigenvalue weighted by molar-refractivity contribution is 5.95. The van der Waals surface area contributed by atoms with Crippen molar-refractivity contribution in [2.24, 2.45) is 5.92 Å². The Kier molecular flexibility index (Phi) is 9.57. The zero-order chi connectivity index (χ0) is 22.9. The van der Waals surface area contributed by atoms with Crippen LogP contribution in [0.25, 0.3) is 0 Å². The largest absolute Gasteiger partial charge is 0.464 e. The van der Waals surface area contributed by atoms with Gasteiger partial charge in [-0.05, 0) is 39.5 Å². The molecule has 1 saturated heterocycles. The lowest BCUT2D eigenvalue weighted by molar-refractivity contribution is -0.138. The summed E-state index contributed by atoms with van der Waals surface area (Å²) in [5.74, 6) is -1.63. The maximum Gasteiger partial charge on any atom is 0.410 e. The predicted octanol–water partition coefficient (Wildman–Crippen LogP) is 0.524. The van der Waals surface area contributed by atoms with E-state index < -0.39 is 36.2 Å². The molecule has 11 nitrogen and oxygen atoms in total. The van der Waals surface area contributed by atoms with E-state index in [-0.39, 0.29) is 24.3 Å². The van der Waals surface area contributed by atoms with Crippen LogP contribution in [0.1, 0.15) is 33.6 Å².